The van der Waals surface area contributed by atoms with Crippen LogP contribution in [0, 0.1) is 0 Å². The van der Waals surface area contributed by atoms with E-state index in [2.05, 4.69) is 26.1 Å². The molecule has 0 saturated carbocycles. The van der Waals surface area contributed by atoms with Crippen molar-refractivity contribution < 1.29 is 22.4 Å². The van der Waals surface area contributed by atoms with Gasteiger partial charge in [0.05, 0.1) is 25.7 Å². The van der Waals surface area contributed by atoms with E-state index in [4.69, 9.17) is 14.0 Å². The van der Waals surface area contributed by atoms with Crippen LogP contribution in [-0.2, 0) is 16.6 Å². The van der Waals surface area contributed by atoms with Crippen molar-refractivity contribution in [2.45, 2.75) is 31.3 Å². The van der Waals surface area contributed by atoms with Gasteiger partial charge in [-0.15, -0.1) is 0 Å². The van der Waals surface area contributed by atoms with Gasteiger partial charge in [-0.2, -0.15) is 9.29 Å². The molecule has 3 aromatic rings. The van der Waals surface area contributed by atoms with Gasteiger partial charge in [-0.25, -0.2) is 8.42 Å². The largest absolute Gasteiger partial charge is 0.493 e. The summed E-state index contributed by atoms with van der Waals surface area (Å²) in [6.45, 7) is 3.54. The summed E-state index contributed by atoms with van der Waals surface area (Å²) in [5, 5.41) is 3.99. The minimum atomic E-state index is -3.74. The summed E-state index contributed by atoms with van der Waals surface area (Å²) in [5.41, 5.74) is 0.662. The molecule has 30 heavy (non-hydrogen) atoms. The van der Waals surface area contributed by atoms with Crippen LogP contribution in [0.15, 0.2) is 56.4 Å². The zero-order valence-corrected chi connectivity index (χ0v) is 19.4. The SMILES string of the molecule is COc1ccc(-c2noc(CN(C(C)C)S(=O)(=O)c3ccc(Br)cc3)n2)cc1OC. The number of nitrogens with zero attached hydrogens (tertiary/aromatic N) is 3. The fourth-order valence-electron chi connectivity index (χ4n) is 2.83. The minimum Gasteiger partial charge on any atom is -0.493 e. The molecule has 0 saturated heterocycles. The van der Waals surface area contributed by atoms with Gasteiger partial charge in [0.1, 0.15) is 0 Å². The Kier molecular flexibility index (Phi) is 6.79. The highest BCUT2D eigenvalue weighted by Gasteiger charge is 2.29. The van der Waals surface area contributed by atoms with Crippen molar-refractivity contribution in [1.29, 1.82) is 0 Å². The van der Waals surface area contributed by atoms with Crippen LogP contribution in [0.25, 0.3) is 11.4 Å². The zero-order chi connectivity index (χ0) is 21.9. The van der Waals surface area contributed by atoms with Gasteiger partial charge < -0.3 is 14.0 Å². The van der Waals surface area contributed by atoms with E-state index in [1.54, 1.807) is 63.4 Å². The molecule has 8 nitrogen and oxygen atoms in total. The zero-order valence-electron chi connectivity index (χ0n) is 17.0. The summed E-state index contributed by atoms with van der Waals surface area (Å²) in [4.78, 5) is 4.56. The van der Waals surface area contributed by atoms with Gasteiger partial charge in [0.15, 0.2) is 11.5 Å². The van der Waals surface area contributed by atoms with Gasteiger partial charge in [-0.1, -0.05) is 21.1 Å². The van der Waals surface area contributed by atoms with E-state index >= 15 is 0 Å². The van der Waals surface area contributed by atoms with Crippen LogP contribution in [0.2, 0.25) is 0 Å². The standard InChI is InChI=1S/C20H22BrN3O5S/c1-13(2)24(30(25,26)16-8-6-15(21)7-9-16)12-19-22-20(23-29-19)14-5-10-17(27-3)18(11-14)28-4/h5-11,13H,12H2,1-4H3. The number of rotatable bonds is 8. The predicted molar refractivity (Wildman–Crippen MR) is 115 cm³/mol. The molecule has 3 rings (SSSR count). The second-order valence-electron chi connectivity index (χ2n) is 6.68. The van der Waals surface area contributed by atoms with Crippen molar-refractivity contribution in [3.8, 4) is 22.9 Å². The average Bonchev–Trinajstić information content (AvgIpc) is 3.20. The van der Waals surface area contributed by atoms with E-state index in [1.165, 1.54) is 11.4 Å². The molecule has 0 aliphatic rings. The van der Waals surface area contributed by atoms with Crippen LogP contribution in [0.4, 0.5) is 0 Å². The second kappa shape index (κ2) is 9.15. The van der Waals surface area contributed by atoms with Crippen LogP contribution in [0.1, 0.15) is 19.7 Å². The molecule has 1 aromatic heterocycles. The smallest absolute Gasteiger partial charge is 0.243 e. The number of hydrogen-bond donors (Lipinski definition) is 0. The van der Waals surface area contributed by atoms with Crippen LogP contribution in [0.3, 0.4) is 0 Å². The first-order valence-corrected chi connectivity index (χ1v) is 11.3. The lowest BCUT2D eigenvalue weighted by Gasteiger charge is -2.24. The van der Waals surface area contributed by atoms with Gasteiger partial charge in [-0.3, -0.25) is 0 Å². The van der Waals surface area contributed by atoms with E-state index < -0.39 is 10.0 Å². The van der Waals surface area contributed by atoms with Gasteiger partial charge in [0, 0.05) is 16.1 Å². The molecule has 2 aromatic carbocycles. The van der Waals surface area contributed by atoms with Crippen molar-refractivity contribution in [1.82, 2.24) is 14.4 Å². The van der Waals surface area contributed by atoms with Crippen LogP contribution < -0.4 is 9.47 Å². The summed E-state index contributed by atoms with van der Waals surface area (Å²) in [6, 6.07) is 11.4. The Bertz CT molecular complexity index is 1110. The Hall–Kier alpha value is -2.43. The Morgan fingerprint density at radius 3 is 2.33 bits per heavy atom. The number of ether oxygens (including phenoxy) is 2. The lowest BCUT2D eigenvalue weighted by molar-refractivity contribution is 0.286. The second-order valence-corrected chi connectivity index (χ2v) is 9.49. The number of hydrogen-bond acceptors (Lipinski definition) is 7. The third kappa shape index (κ3) is 4.66. The summed E-state index contributed by atoms with van der Waals surface area (Å²) >= 11 is 3.32. The first-order chi connectivity index (χ1) is 14.3. The monoisotopic (exact) mass is 495 g/mol. The molecule has 0 radical (unpaired) electrons. The fourth-order valence-corrected chi connectivity index (χ4v) is 4.68. The number of aromatic nitrogens is 2. The molecule has 10 heteroatoms. The molecule has 0 fully saturated rings. The van der Waals surface area contributed by atoms with E-state index in [0.717, 1.165) is 4.47 Å². The summed E-state index contributed by atoms with van der Waals surface area (Å²) in [6.07, 6.45) is 0. The predicted octanol–water partition coefficient (Wildman–Crippen LogP) is 4.12. The Morgan fingerprint density at radius 2 is 1.73 bits per heavy atom. The first kappa shape index (κ1) is 22.3. The van der Waals surface area contributed by atoms with Gasteiger partial charge in [0.2, 0.25) is 21.7 Å². The summed E-state index contributed by atoms with van der Waals surface area (Å²) in [5.74, 6) is 1.63. The van der Waals surface area contributed by atoms with Gasteiger partial charge in [0.25, 0.3) is 0 Å². The number of benzene rings is 2. The Balaban J connectivity index is 1.88. The average molecular weight is 496 g/mol. The summed E-state index contributed by atoms with van der Waals surface area (Å²) in [7, 11) is -0.652. The number of methoxy groups -OCH3 is 2. The molecule has 0 bridgehead atoms. The molecular formula is C20H22BrN3O5S. The van der Waals surface area contributed by atoms with E-state index in [1.807, 2.05) is 0 Å². The first-order valence-electron chi connectivity index (χ1n) is 9.08. The molecule has 0 amide bonds. The molecule has 1 heterocycles. The van der Waals surface area contributed by atoms with Gasteiger partial charge >= 0.3 is 0 Å². The highest BCUT2D eigenvalue weighted by Crippen LogP contribution is 2.31. The van der Waals surface area contributed by atoms with Crippen LogP contribution in [0.5, 0.6) is 11.5 Å². The molecule has 0 aliphatic carbocycles. The maximum absolute atomic E-state index is 13.1. The highest BCUT2D eigenvalue weighted by atomic mass is 79.9. The molecule has 0 N–H and O–H groups in total. The lowest BCUT2D eigenvalue weighted by atomic mass is 10.2. The number of halogens is 1. The van der Waals surface area contributed by atoms with Crippen molar-refractivity contribution in [2.24, 2.45) is 0 Å². The number of sulfonamides is 1. The normalized spacial score (nSPS) is 11.8. The highest BCUT2D eigenvalue weighted by molar-refractivity contribution is 9.10. The maximum Gasteiger partial charge on any atom is 0.243 e. The molecule has 0 spiro atoms. The summed E-state index contributed by atoms with van der Waals surface area (Å²) < 4.78 is 44.2. The van der Waals surface area contributed by atoms with Crippen molar-refractivity contribution in [3.05, 3.63) is 52.8 Å². The van der Waals surface area contributed by atoms with Crippen molar-refractivity contribution in [2.75, 3.05) is 14.2 Å². The van der Waals surface area contributed by atoms with E-state index in [0.29, 0.717) is 22.9 Å². The van der Waals surface area contributed by atoms with Gasteiger partial charge in [-0.05, 0) is 56.3 Å². The fraction of sp³-hybridized carbons (Fsp3) is 0.300. The Morgan fingerprint density at radius 1 is 1.07 bits per heavy atom. The molecular weight excluding hydrogens is 474 g/mol. The van der Waals surface area contributed by atoms with E-state index in [-0.39, 0.29) is 23.4 Å². The van der Waals surface area contributed by atoms with Crippen molar-refractivity contribution >= 4 is 26.0 Å². The third-order valence-electron chi connectivity index (χ3n) is 4.40. The molecule has 0 atom stereocenters. The van der Waals surface area contributed by atoms with Crippen LogP contribution >= 0.6 is 15.9 Å². The van der Waals surface area contributed by atoms with Crippen molar-refractivity contribution in [3.63, 3.8) is 0 Å². The topological polar surface area (TPSA) is 94.8 Å². The molecule has 160 valence electrons. The maximum atomic E-state index is 13.1. The quantitative estimate of drug-likeness (QED) is 0.463. The third-order valence-corrected chi connectivity index (χ3v) is 6.96. The minimum absolute atomic E-state index is 0.0453. The Labute approximate surface area is 184 Å². The molecule has 0 unspecified atom stereocenters. The van der Waals surface area contributed by atoms with Crippen LogP contribution in [-0.4, -0.2) is 43.1 Å². The lowest BCUT2D eigenvalue weighted by Crippen LogP contribution is -2.36. The van der Waals surface area contributed by atoms with E-state index in [9.17, 15) is 8.42 Å². The molecule has 0 aliphatic heterocycles.